The van der Waals surface area contributed by atoms with E-state index < -0.39 is 0 Å². The number of hydrogen-bond acceptors (Lipinski definition) is 2. The van der Waals surface area contributed by atoms with Gasteiger partial charge in [0.15, 0.2) is 0 Å². The molecule has 0 N–H and O–H groups in total. The van der Waals surface area contributed by atoms with E-state index in [0.29, 0.717) is 0 Å². The first-order valence-electron chi connectivity index (χ1n) is 10.8. The average Bonchev–Trinajstić information content (AvgIpc) is 3.34. The normalized spacial score (nSPS) is 12.4. The third-order valence-electron chi connectivity index (χ3n) is 6.64. The number of hydrogen-bond donors (Lipinski definition) is 0. The van der Waals surface area contributed by atoms with Crippen molar-refractivity contribution >= 4 is 65.9 Å². The first kappa shape index (κ1) is 16.3. The van der Waals surface area contributed by atoms with Crippen molar-refractivity contribution in [3.05, 3.63) is 97.1 Å². The summed E-state index contributed by atoms with van der Waals surface area (Å²) in [4.78, 5) is 10.4. The Balaban J connectivity index is 1.86. The van der Waals surface area contributed by atoms with Gasteiger partial charge < -0.3 is 0 Å². The molecule has 0 saturated carbocycles. The van der Waals surface area contributed by atoms with Crippen LogP contribution in [0.1, 0.15) is 0 Å². The highest BCUT2D eigenvalue weighted by Gasteiger charge is 2.17. The third kappa shape index (κ3) is 1.92. The van der Waals surface area contributed by atoms with Crippen LogP contribution in [0.15, 0.2) is 97.1 Å². The van der Waals surface area contributed by atoms with Crippen molar-refractivity contribution in [1.29, 1.82) is 0 Å². The molecule has 0 aliphatic heterocycles. The number of aromatic nitrogens is 4. The second-order valence-corrected chi connectivity index (χ2v) is 8.37. The maximum absolute atomic E-state index is 5.31. The largest absolute Gasteiger partial charge is 0.294 e. The molecule has 3 aromatic carbocycles. The topological polar surface area (TPSA) is 34.6 Å². The van der Waals surface area contributed by atoms with E-state index in [1.165, 1.54) is 16.2 Å². The molecule has 6 bridgehead atoms. The summed E-state index contributed by atoms with van der Waals surface area (Å²) < 4.78 is 4.48. The molecule has 0 saturated heterocycles. The first-order valence-corrected chi connectivity index (χ1v) is 10.8. The molecular formula is C28H16N4. The molecule has 148 valence electrons. The molecule has 0 radical (unpaired) electrons. The van der Waals surface area contributed by atoms with Crippen molar-refractivity contribution in [2.75, 3.05) is 0 Å². The van der Waals surface area contributed by atoms with E-state index >= 15 is 0 Å². The van der Waals surface area contributed by atoms with Gasteiger partial charge in [0.05, 0.1) is 16.6 Å². The van der Waals surface area contributed by atoms with Crippen LogP contribution in [0.25, 0.3) is 65.9 Å². The fourth-order valence-corrected chi connectivity index (χ4v) is 5.26. The van der Waals surface area contributed by atoms with Crippen LogP contribution in [0.3, 0.4) is 0 Å². The lowest BCUT2D eigenvalue weighted by atomic mass is 10.1. The first-order chi connectivity index (χ1) is 15.9. The maximum Gasteiger partial charge on any atom is 0.149 e. The lowest BCUT2D eigenvalue weighted by Crippen LogP contribution is -1.91. The number of pyridine rings is 2. The molecule has 8 rings (SSSR count). The van der Waals surface area contributed by atoms with Gasteiger partial charge in [-0.2, -0.15) is 0 Å². The Morgan fingerprint density at radius 2 is 1.19 bits per heavy atom. The van der Waals surface area contributed by atoms with E-state index in [0.717, 1.165) is 49.8 Å². The zero-order valence-electron chi connectivity index (χ0n) is 17.0. The molecule has 0 spiro atoms. The number of nitrogens with zero attached hydrogens (tertiary/aromatic N) is 4. The predicted molar refractivity (Wildman–Crippen MR) is 131 cm³/mol. The Hall–Kier alpha value is -4.44. The SMILES string of the molecule is c1ccc2c(c1)c1cc3c4ccccc4n4c5cccc(n5)c5cccc(c5)n2c1nc34. The van der Waals surface area contributed by atoms with Crippen molar-refractivity contribution in [2.24, 2.45) is 0 Å². The van der Waals surface area contributed by atoms with Crippen LogP contribution in [0.5, 0.6) is 0 Å². The van der Waals surface area contributed by atoms with Crippen LogP contribution in [-0.2, 0) is 0 Å². The van der Waals surface area contributed by atoms with Gasteiger partial charge in [0.2, 0.25) is 0 Å². The summed E-state index contributed by atoms with van der Waals surface area (Å²) in [6.45, 7) is 0. The van der Waals surface area contributed by atoms with Crippen molar-refractivity contribution in [2.45, 2.75) is 0 Å². The second-order valence-electron chi connectivity index (χ2n) is 8.37. The summed E-state index contributed by atoms with van der Waals surface area (Å²) >= 11 is 0. The van der Waals surface area contributed by atoms with E-state index in [1.54, 1.807) is 0 Å². The van der Waals surface area contributed by atoms with E-state index in [4.69, 9.17) is 9.97 Å². The van der Waals surface area contributed by atoms with Crippen LogP contribution in [-0.4, -0.2) is 18.8 Å². The van der Waals surface area contributed by atoms with E-state index in [-0.39, 0.29) is 0 Å². The molecule has 0 aliphatic carbocycles. The summed E-state index contributed by atoms with van der Waals surface area (Å²) in [5.41, 5.74) is 7.12. The molecule has 4 nitrogen and oxygen atoms in total. The summed E-state index contributed by atoms with van der Waals surface area (Å²) in [5.74, 6) is 0. The van der Waals surface area contributed by atoms with E-state index in [9.17, 15) is 0 Å². The number of para-hydroxylation sites is 2. The fraction of sp³-hybridized carbons (Fsp3) is 0. The molecule has 0 amide bonds. The van der Waals surface area contributed by atoms with E-state index in [2.05, 4.69) is 106 Å². The van der Waals surface area contributed by atoms with Crippen molar-refractivity contribution < 1.29 is 0 Å². The lowest BCUT2D eigenvalue weighted by Gasteiger charge is -2.00. The molecule has 4 heteroatoms. The molecular weight excluding hydrogens is 392 g/mol. The molecule has 8 aromatic rings. The minimum Gasteiger partial charge on any atom is -0.294 e. The Kier molecular flexibility index (Phi) is 2.86. The Labute approximate surface area is 182 Å². The van der Waals surface area contributed by atoms with Gasteiger partial charge in [-0.3, -0.25) is 8.80 Å². The Morgan fingerprint density at radius 3 is 2.00 bits per heavy atom. The molecule has 0 aliphatic rings. The maximum atomic E-state index is 5.31. The molecule has 0 unspecified atom stereocenters. The highest BCUT2D eigenvalue weighted by molar-refractivity contribution is 6.16. The van der Waals surface area contributed by atoms with Crippen LogP contribution in [0.2, 0.25) is 0 Å². The quantitative estimate of drug-likeness (QED) is 0.278. The monoisotopic (exact) mass is 408 g/mol. The smallest absolute Gasteiger partial charge is 0.149 e. The van der Waals surface area contributed by atoms with Gasteiger partial charge in [0.25, 0.3) is 0 Å². The molecule has 5 heterocycles. The van der Waals surface area contributed by atoms with Gasteiger partial charge in [-0.05, 0) is 42.5 Å². The van der Waals surface area contributed by atoms with Gasteiger partial charge in [-0.25, -0.2) is 9.97 Å². The summed E-state index contributed by atoms with van der Waals surface area (Å²) in [6.07, 6.45) is 0. The summed E-state index contributed by atoms with van der Waals surface area (Å²) in [6, 6.07) is 34.2. The molecule has 0 fully saturated rings. The predicted octanol–water partition coefficient (Wildman–Crippen LogP) is 6.75. The highest BCUT2D eigenvalue weighted by atomic mass is 15.1. The molecule has 5 aromatic heterocycles. The number of rotatable bonds is 0. The van der Waals surface area contributed by atoms with Gasteiger partial charge in [0, 0.05) is 32.4 Å². The van der Waals surface area contributed by atoms with Gasteiger partial charge >= 0.3 is 0 Å². The Bertz CT molecular complexity index is 1900. The molecule has 32 heavy (non-hydrogen) atoms. The van der Waals surface area contributed by atoms with Crippen LogP contribution >= 0.6 is 0 Å². The van der Waals surface area contributed by atoms with Gasteiger partial charge in [0.1, 0.15) is 16.9 Å². The second kappa shape index (κ2) is 5.62. The van der Waals surface area contributed by atoms with Gasteiger partial charge in [-0.1, -0.05) is 54.6 Å². The van der Waals surface area contributed by atoms with E-state index in [1.807, 2.05) is 0 Å². The standard InChI is InChI=1S/C28H16N4/c1-3-12-24-19(9-1)21-16-22-20-10-2-4-13-25(20)32-26-14-6-11-23(29-26)17-7-5-8-18(15-17)31(24)27(21)30-28(22)32/h1-16H. The number of benzene rings is 3. The molecule has 0 atom stereocenters. The van der Waals surface area contributed by atoms with Crippen molar-refractivity contribution in [1.82, 2.24) is 18.8 Å². The summed E-state index contributed by atoms with van der Waals surface area (Å²) in [5, 5.41) is 5.82. The summed E-state index contributed by atoms with van der Waals surface area (Å²) in [7, 11) is 0. The van der Waals surface area contributed by atoms with Crippen LogP contribution in [0.4, 0.5) is 0 Å². The minimum atomic E-state index is 0.885. The highest BCUT2D eigenvalue weighted by Crippen LogP contribution is 2.35. The zero-order chi connectivity index (χ0) is 20.8. The average molecular weight is 408 g/mol. The third-order valence-corrected chi connectivity index (χ3v) is 6.64. The lowest BCUT2D eigenvalue weighted by molar-refractivity contribution is 1.20. The Morgan fingerprint density at radius 1 is 0.500 bits per heavy atom. The van der Waals surface area contributed by atoms with Gasteiger partial charge in [-0.15, -0.1) is 0 Å². The van der Waals surface area contributed by atoms with Crippen molar-refractivity contribution in [3.63, 3.8) is 0 Å². The number of fused-ring (bicyclic) bond motifs is 13. The van der Waals surface area contributed by atoms with Crippen LogP contribution < -0.4 is 0 Å². The van der Waals surface area contributed by atoms with Crippen molar-refractivity contribution in [3.8, 4) is 0 Å². The fourth-order valence-electron chi connectivity index (χ4n) is 5.26. The zero-order valence-corrected chi connectivity index (χ0v) is 17.0. The van der Waals surface area contributed by atoms with Crippen LogP contribution in [0, 0.1) is 0 Å². The minimum absolute atomic E-state index is 0.885.